The maximum absolute atomic E-state index is 11.4. The Morgan fingerprint density at radius 1 is 1.61 bits per heavy atom. The molecule has 1 amide bonds. The summed E-state index contributed by atoms with van der Waals surface area (Å²) in [5.41, 5.74) is 5.56. The molecule has 0 radical (unpaired) electrons. The van der Waals surface area contributed by atoms with Crippen LogP contribution in [0.3, 0.4) is 0 Å². The second kappa shape index (κ2) is 7.56. The van der Waals surface area contributed by atoms with Gasteiger partial charge in [-0.15, -0.1) is 0 Å². The molecular weight excluding hydrogens is 234 g/mol. The Balaban J connectivity index is 2.52. The highest BCUT2D eigenvalue weighted by molar-refractivity contribution is 5.67. The van der Waals surface area contributed by atoms with Gasteiger partial charge in [-0.1, -0.05) is 0 Å². The molecule has 3 atom stereocenters. The summed E-state index contributed by atoms with van der Waals surface area (Å²) in [7, 11) is 0. The van der Waals surface area contributed by atoms with Crippen LogP contribution in [-0.2, 0) is 4.74 Å². The van der Waals surface area contributed by atoms with E-state index in [0.29, 0.717) is 13.2 Å². The van der Waals surface area contributed by atoms with Crippen LogP contribution in [0.15, 0.2) is 0 Å². The summed E-state index contributed by atoms with van der Waals surface area (Å²) in [6.45, 7) is 6.89. The Kier molecular flexibility index (Phi) is 6.38. The molecule has 1 fully saturated rings. The number of likely N-dealkylation sites (tertiary alicyclic amines) is 1. The number of hydrogen-bond donors (Lipinski definition) is 3. The number of hydrogen-bond acceptors (Lipinski definition) is 5. The van der Waals surface area contributed by atoms with Crippen LogP contribution in [0.5, 0.6) is 0 Å². The summed E-state index contributed by atoms with van der Waals surface area (Å²) in [4.78, 5) is 13.6. The zero-order chi connectivity index (χ0) is 13.5. The summed E-state index contributed by atoms with van der Waals surface area (Å²) < 4.78 is 4.88. The second-order valence-electron chi connectivity index (χ2n) is 4.85. The van der Waals surface area contributed by atoms with Crippen molar-refractivity contribution in [3.8, 4) is 0 Å². The van der Waals surface area contributed by atoms with E-state index in [0.717, 1.165) is 26.1 Å². The number of rotatable bonds is 5. The summed E-state index contributed by atoms with van der Waals surface area (Å²) in [5, 5.41) is 12.6. The van der Waals surface area contributed by atoms with Gasteiger partial charge in [0, 0.05) is 32.2 Å². The van der Waals surface area contributed by atoms with Crippen molar-refractivity contribution < 1.29 is 14.6 Å². The first-order valence-corrected chi connectivity index (χ1v) is 6.60. The molecular formula is C12H25N3O3. The fraction of sp³-hybridized carbons (Fsp3) is 0.917. The number of nitrogens with one attached hydrogen (secondary N) is 1. The van der Waals surface area contributed by atoms with E-state index in [1.807, 2.05) is 0 Å². The van der Waals surface area contributed by atoms with Crippen molar-refractivity contribution in [3.05, 3.63) is 0 Å². The molecule has 18 heavy (non-hydrogen) atoms. The molecule has 6 heteroatoms. The summed E-state index contributed by atoms with van der Waals surface area (Å²) in [5.74, 6) is 0.164. The highest BCUT2D eigenvalue weighted by Gasteiger charge is 2.30. The number of carbonyl (C=O) groups is 1. The quantitative estimate of drug-likeness (QED) is 0.634. The van der Waals surface area contributed by atoms with Crippen molar-refractivity contribution in [3.63, 3.8) is 0 Å². The largest absolute Gasteiger partial charge is 0.450 e. The fourth-order valence-electron chi connectivity index (χ4n) is 2.39. The SMILES string of the molecule is CCOC(=O)NC1CC(C(C)O)CN(CCN)C1. The Hall–Kier alpha value is -0.850. The highest BCUT2D eigenvalue weighted by atomic mass is 16.5. The van der Waals surface area contributed by atoms with E-state index in [1.54, 1.807) is 13.8 Å². The van der Waals surface area contributed by atoms with Crippen LogP contribution in [0.2, 0.25) is 0 Å². The van der Waals surface area contributed by atoms with Gasteiger partial charge in [0.2, 0.25) is 0 Å². The van der Waals surface area contributed by atoms with Gasteiger partial charge in [-0.2, -0.15) is 0 Å². The molecule has 6 nitrogen and oxygen atoms in total. The second-order valence-corrected chi connectivity index (χ2v) is 4.85. The molecule has 0 aromatic rings. The third-order valence-electron chi connectivity index (χ3n) is 3.28. The molecule has 1 heterocycles. The van der Waals surface area contributed by atoms with Gasteiger partial charge in [0.25, 0.3) is 0 Å². The molecule has 0 aromatic heterocycles. The van der Waals surface area contributed by atoms with Crippen molar-refractivity contribution in [2.75, 3.05) is 32.8 Å². The first-order valence-electron chi connectivity index (χ1n) is 6.60. The van der Waals surface area contributed by atoms with Crippen LogP contribution in [0.25, 0.3) is 0 Å². The number of aliphatic hydroxyl groups is 1. The van der Waals surface area contributed by atoms with E-state index in [4.69, 9.17) is 10.5 Å². The van der Waals surface area contributed by atoms with Gasteiger partial charge in [-0.25, -0.2) is 4.79 Å². The van der Waals surface area contributed by atoms with Gasteiger partial charge in [0.1, 0.15) is 0 Å². The molecule has 0 aromatic carbocycles. The minimum absolute atomic E-state index is 0.0175. The van der Waals surface area contributed by atoms with Crippen LogP contribution in [0.1, 0.15) is 20.3 Å². The van der Waals surface area contributed by atoms with E-state index in [9.17, 15) is 9.90 Å². The van der Waals surface area contributed by atoms with Crippen LogP contribution in [-0.4, -0.2) is 61.0 Å². The lowest BCUT2D eigenvalue weighted by atomic mass is 9.90. The van der Waals surface area contributed by atoms with Gasteiger partial charge in [0.05, 0.1) is 12.7 Å². The van der Waals surface area contributed by atoms with E-state index < -0.39 is 0 Å². The molecule has 0 spiro atoms. The van der Waals surface area contributed by atoms with Crippen molar-refractivity contribution >= 4 is 6.09 Å². The topological polar surface area (TPSA) is 87.8 Å². The molecule has 1 rings (SSSR count). The Morgan fingerprint density at radius 2 is 2.33 bits per heavy atom. The number of carbonyl (C=O) groups excluding carboxylic acids is 1. The molecule has 1 aliphatic rings. The third-order valence-corrected chi connectivity index (χ3v) is 3.28. The normalized spacial score (nSPS) is 26.7. The number of nitrogens with zero attached hydrogens (tertiary/aromatic N) is 1. The summed E-state index contributed by atoms with van der Waals surface area (Å²) in [6, 6.07) is 0.0175. The predicted octanol–water partition coefficient (Wildman–Crippen LogP) is -0.237. The lowest BCUT2D eigenvalue weighted by molar-refractivity contribution is 0.0476. The number of amides is 1. The van der Waals surface area contributed by atoms with Crippen molar-refractivity contribution in [2.24, 2.45) is 11.7 Å². The number of ether oxygens (including phenoxy) is 1. The van der Waals surface area contributed by atoms with Crippen LogP contribution >= 0.6 is 0 Å². The zero-order valence-electron chi connectivity index (χ0n) is 11.3. The maximum Gasteiger partial charge on any atom is 0.407 e. The van der Waals surface area contributed by atoms with Crippen molar-refractivity contribution in [1.29, 1.82) is 0 Å². The van der Waals surface area contributed by atoms with Gasteiger partial charge >= 0.3 is 6.09 Å². The molecule has 0 saturated carbocycles. The summed E-state index contributed by atoms with van der Waals surface area (Å²) >= 11 is 0. The Bertz CT molecular complexity index is 261. The van der Waals surface area contributed by atoms with Crippen molar-refractivity contribution in [2.45, 2.75) is 32.4 Å². The fourth-order valence-corrected chi connectivity index (χ4v) is 2.39. The van der Waals surface area contributed by atoms with Crippen LogP contribution in [0, 0.1) is 5.92 Å². The highest BCUT2D eigenvalue weighted by Crippen LogP contribution is 2.20. The minimum Gasteiger partial charge on any atom is -0.450 e. The van der Waals surface area contributed by atoms with Gasteiger partial charge in [-0.3, -0.25) is 4.90 Å². The lowest BCUT2D eigenvalue weighted by Crippen LogP contribution is -2.53. The van der Waals surface area contributed by atoms with Gasteiger partial charge in [0.15, 0.2) is 0 Å². The minimum atomic E-state index is -0.388. The van der Waals surface area contributed by atoms with E-state index in [-0.39, 0.29) is 24.2 Å². The smallest absolute Gasteiger partial charge is 0.407 e. The molecule has 1 saturated heterocycles. The summed E-state index contributed by atoms with van der Waals surface area (Å²) in [6.07, 6.45) is 0.0101. The Morgan fingerprint density at radius 3 is 2.89 bits per heavy atom. The average molecular weight is 259 g/mol. The first-order chi connectivity index (χ1) is 8.56. The van der Waals surface area contributed by atoms with E-state index >= 15 is 0 Å². The van der Waals surface area contributed by atoms with E-state index in [2.05, 4.69) is 10.2 Å². The lowest BCUT2D eigenvalue weighted by Gasteiger charge is -2.38. The zero-order valence-corrected chi connectivity index (χ0v) is 11.3. The number of piperidine rings is 1. The molecule has 106 valence electrons. The maximum atomic E-state index is 11.4. The molecule has 4 N–H and O–H groups in total. The van der Waals surface area contributed by atoms with Crippen LogP contribution < -0.4 is 11.1 Å². The average Bonchev–Trinajstić information content (AvgIpc) is 2.29. The first kappa shape index (κ1) is 15.2. The number of alkyl carbamates (subject to hydrolysis) is 1. The van der Waals surface area contributed by atoms with Crippen molar-refractivity contribution in [1.82, 2.24) is 10.2 Å². The monoisotopic (exact) mass is 259 g/mol. The standard InChI is InChI=1S/C12H25N3O3/c1-3-18-12(17)14-11-6-10(9(2)16)7-15(8-11)5-4-13/h9-11,16H,3-8,13H2,1-2H3,(H,14,17). The Labute approximate surface area is 108 Å². The number of aliphatic hydroxyl groups excluding tert-OH is 1. The predicted molar refractivity (Wildman–Crippen MR) is 69.2 cm³/mol. The van der Waals surface area contributed by atoms with E-state index in [1.165, 1.54) is 0 Å². The van der Waals surface area contributed by atoms with Gasteiger partial charge in [-0.05, 0) is 26.2 Å². The third kappa shape index (κ3) is 4.80. The molecule has 0 bridgehead atoms. The molecule has 3 unspecified atom stereocenters. The molecule has 0 aliphatic carbocycles. The van der Waals surface area contributed by atoms with Crippen LogP contribution in [0.4, 0.5) is 4.79 Å². The number of nitrogens with two attached hydrogens (primary N) is 1. The van der Waals surface area contributed by atoms with Gasteiger partial charge < -0.3 is 20.9 Å². The molecule has 1 aliphatic heterocycles.